The van der Waals surface area contributed by atoms with Gasteiger partial charge in [0.25, 0.3) is 0 Å². The molecule has 0 bridgehead atoms. The van der Waals surface area contributed by atoms with Gasteiger partial charge in [-0.25, -0.2) is 0 Å². The van der Waals surface area contributed by atoms with Gasteiger partial charge in [0.15, 0.2) is 5.82 Å². The minimum absolute atomic E-state index is 0.0306. The second kappa shape index (κ2) is 9.19. The van der Waals surface area contributed by atoms with E-state index in [2.05, 4.69) is 51.8 Å². The maximum atomic E-state index is 11.7. The van der Waals surface area contributed by atoms with Crippen molar-refractivity contribution in [1.29, 1.82) is 0 Å². The Morgan fingerprint density at radius 3 is 2.79 bits per heavy atom. The van der Waals surface area contributed by atoms with Crippen molar-refractivity contribution in [2.24, 2.45) is 5.92 Å². The predicted octanol–water partition coefficient (Wildman–Crippen LogP) is 3.06. The number of hydrogen-bond acceptors (Lipinski definition) is 5. The van der Waals surface area contributed by atoms with Crippen LogP contribution in [-0.4, -0.2) is 45.2 Å². The van der Waals surface area contributed by atoms with E-state index in [1.54, 1.807) is 13.2 Å². The van der Waals surface area contributed by atoms with Gasteiger partial charge in [-0.3, -0.25) is 9.69 Å². The van der Waals surface area contributed by atoms with Crippen molar-refractivity contribution >= 4 is 12.0 Å². The summed E-state index contributed by atoms with van der Waals surface area (Å²) >= 11 is 0. The summed E-state index contributed by atoms with van der Waals surface area (Å²) in [5.41, 5.74) is 1.27. The van der Waals surface area contributed by atoms with Crippen LogP contribution in [0.5, 0.6) is 0 Å². The van der Waals surface area contributed by atoms with Crippen molar-refractivity contribution in [3.63, 3.8) is 0 Å². The van der Waals surface area contributed by atoms with E-state index in [0.29, 0.717) is 5.92 Å². The van der Waals surface area contributed by atoms with Crippen molar-refractivity contribution in [3.8, 4) is 0 Å². The number of carbonyl (C=O) groups is 1. The van der Waals surface area contributed by atoms with E-state index < -0.39 is 0 Å². The van der Waals surface area contributed by atoms with E-state index >= 15 is 0 Å². The zero-order chi connectivity index (χ0) is 20.1. The van der Waals surface area contributed by atoms with Gasteiger partial charge in [-0.2, -0.15) is 0 Å². The zero-order valence-corrected chi connectivity index (χ0v) is 17.3. The van der Waals surface area contributed by atoms with E-state index in [1.165, 1.54) is 5.57 Å². The minimum Gasteiger partial charge on any atom is -0.465 e. The Bertz CT molecular complexity index is 807. The molecule has 2 aromatic heterocycles. The Labute approximate surface area is 166 Å². The van der Waals surface area contributed by atoms with Gasteiger partial charge < -0.3 is 14.3 Å². The number of hydrogen-bond donors (Lipinski definition) is 1. The molecule has 0 aliphatic carbocycles. The van der Waals surface area contributed by atoms with Gasteiger partial charge in [-0.1, -0.05) is 19.4 Å². The number of amides is 1. The maximum Gasteiger partial charge on any atom is 0.217 e. The zero-order valence-electron chi connectivity index (χ0n) is 17.3. The first-order valence-corrected chi connectivity index (χ1v) is 10.0. The Morgan fingerprint density at radius 1 is 1.29 bits per heavy atom. The number of furan rings is 1. The lowest BCUT2D eigenvalue weighted by atomic mass is 10.0. The first kappa shape index (κ1) is 20.3. The number of nitrogens with zero attached hydrogens (tertiary/aromatic N) is 4. The molecule has 0 radical (unpaired) electrons. The maximum absolute atomic E-state index is 11.7. The largest absolute Gasteiger partial charge is 0.465 e. The number of fused-ring (bicyclic) bond motifs is 1. The third-order valence-corrected chi connectivity index (χ3v) is 4.95. The molecular weight excluding hydrogens is 354 g/mol. The third-order valence-electron chi connectivity index (χ3n) is 4.95. The highest BCUT2D eigenvalue weighted by Gasteiger charge is 2.25. The van der Waals surface area contributed by atoms with Gasteiger partial charge in [0.1, 0.15) is 11.6 Å². The molecule has 1 amide bonds. The van der Waals surface area contributed by atoms with Crippen molar-refractivity contribution < 1.29 is 9.21 Å². The first-order chi connectivity index (χ1) is 13.4. The van der Waals surface area contributed by atoms with E-state index in [4.69, 9.17) is 4.42 Å². The molecule has 28 heavy (non-hydrogen) atoms. The average molecular weight is 386 g/mol. The molecule has 2 aromatic rings. The SMILES string of the molecule is CC(=O)NC(CC(C)C)c1nnc2n1CCN(C/C(C)=C/c1ccco1)CC2. The minimum atomic E-state index is -0.0918. The van der Waals surface area contributed by atoms with Crippen LogP contribution in [0, 0.1) is 5.92 Å². The van der Waals surface area contributed by atoms with Gasteiger partial charge in [-0.05, 0) is 37.5 Å². The normalized spacial score (nSPS) is 16.7. The fourth-order valence-corrected chi connectivity index (χ4v) is 3.77. The van der Waals surface area contributed by atoms with Gasteiger partial charge in [0.05, 0.1) is 12.3 Å². The fraction of sp³-hybridized carbons (Fsp3) is 0.571. The smallest absolute Gasteiger partial charge is 0.217 e. The third kappa shape index (κ3) is 5.32. The summed E-state index contributed by atoms with van der Waals surface area (Å²) < 4.78 is 7.61. The Hall–Kier alpha value is -2.41. The summed E-state index contributed by atoms with van der Waals surface area (Å²) in [4.78, 5) is 14.1. The van der Waals surface area contributed by atoms with Crippen LogP contribution >= 0.6 is 0 Å². The molecule has 3 heterocycles. The van der Waals surface area contributed by atoms with Crippen LogP contribution in [-0.2, 0) is 17.8 Å². The highest BCUT2D eigenvalue weighted by Crippen LogP contribution is 2.22. The lowest BCUT2D eigenvalue weighted by Gasteiger charge is -2.22. The molecule has 7 heteroatoms. The summed E-state index contributed by atoms with van der Waals surface area (Å²) in [6, 6.07) is 3.78. The molecule has 1 unspecified atom stereocenters. The van der Waals surface area contributed by atoms with Crippen molar-refractivity contribution in [2.75, 3.05) is 19.6 Å². The van der Waals surface area contributed by atoms with Crippen LogP contribution in [0.3, 0.4) is 0 Å². The summed E-state index contributed by atoms with van der Waals surface area (Å²) in [6.45, 7) is 11.6. The molecular formula is C21H31N5O2. The number of nitrogens with one attached hydrogen (secondary N) is 1. The lowest BCUT2D eigenvalue weighted by molar-refractivity contribution is -0.119. The van der Waals surface area contributed by atoms with E-state index in [-0.39, 0.29) is 11.9 Å². The summed E-state index contributed by atoms with van der Waals surface area (Å²) in [5.74, 6) is 3.20. The predicted molar refractivity (Wildman–Crippen MR) is 109 cm³/mol. The number of aromatic nitrogens is 3. The average Bonchev–Trinajstić information content (AvgIpc) is 3.21. The van der Waals surface area contributed by atoms with Gasteiger partial charge >= 0.3 is 0 Å². The first-order valence-electron chi connectivity index (χ1n) is 10.0. The monoisotopic (exact) mass is 385 g/mol. The number of carbonyl (C=O) groups excluding carboxylic acids is 1. The van der Waals surface area contributed by atoms with Crippen molar-refractivity contribution in [3.05, 3.63) is 41.4 Å². The molecule has 0 saturated heterocycles. The lowest BCUT2D eigenvalue weighted by Crippen LogP contribution is -2.31. The Kier molecular flexibility index (Phi) is 6.67. The van der Waals surface area contributed by atoms with E-state index in [1.807, 2.05) is 12.1 Å². The molecule has 0 fully saturated rings. The molecule has 1 N–H and O–H groups in total. The van der Waals surface area contributed by atoms with Crippen LogP contribution in [0.25, 0.3) is 6.08 Å². The summed E-state index contributed by atoms with van der Waals surface area (Å²) in [5, 5.41) is 11.9. The molecule has 152 valence electrons. The highest BCUT2D eigenvalue weighted by molar-refractivity contribution is 5.73. The van der Waals surface area contributed by atoms with Crippen LogP contribution in [0.4, 0.5) is 0 Å². The Morgan fingerprint density at radius 2 is 2.11 bits per heavy atom. The van der Waals surface area contributed by atoms with Gasteiger partial charge in [0.2, 0.25) is 5.91 Å². The van der Waals surface area contributed by atoms with Gasteiger partial charge in [0, 0.05) is 39.5 Å². The van der Waals surface area contributed by atoms with E-state index in [9.17, 15) is 4.79 Å². The number of rotatable bonds is 7. The van der Waals surface area contributed by atoms with Crippen LogP contribution < -0.4 is 5.32 Å². The van der Waals surface area contributed by atoms with Crippen molar-refractivity contribution in [1.82, 2.24) is 25.0 Å². The molecule has 1 aliphatic rings. The molecule has 3 rings (SSSR count). The van der Waals surface area contributed by atoms with Crippen LogP contribution in [0.1, 0.15) is 57.6 Å². The van der Waals surface area contributed by atoms with Crippen LogP contribution in [0.15, 0.2) is 28.4 Å². The molecule has 1 aliphatic heterocycles. The topological polar surface area (TPSA) is 76.2 Å². The highest BCUT2D eigenvalue weighted by atomic mass is 16.3. The molecule has 0 aromatic carbocycles. The second-order valence-electron chi connectivity index (χ2n) is 8.04. The molecule has 0 saturated carbocycles. The standard InChI is InChI=1S/C21H31N5O2/c1-15(2)12-19(22-17(4)27)21-24-23-20-7-8-25(9-10-26(20)21)14-16(3)13-18-6-5-11-28-18/h5-6,11,13,15,19H,7-10,12,14H2,1-4H3,(H,22,27)/b16-13+. The van der Waals surface area contributed by atoms with Gasteiger partial charge in [-0.15, -0.1) is 10.2 Å². The Balaban J connectivity index is 1.69. The van der Waals surface area contributed by atoms with Crippen molar-refractivity contribution in [2.45, 2.75) is 53.1 Å². The molecule has 0 spiro atoms. The quantitative estimate of drug-likeness (QED) is 0.793. The summed E-state index contributed by atoms with van der Waals surface area (Å²) in [6.07, 6.45) is 5.50. The fourth-order valence-electron chi connectivity index (χ4n) is 3.77. The second-order valence-corrected chi connectivity index (χ2v) is 8.04. The molecule has 7 nitrogen and oxygen atoms in total. The molecule has 1 atom stereocenters. The van der Waals surface area contributed by atoms with E-state index in [0.717, 1.165) is 56.4 Å². The summed E-state index contributed by atoms with van der Waals surface area (Å²) in [7, 11) is 0. The van der Waals surface area contributed by atoms with Crippen LogP contribution in [0.2, 0.25) is 0 Å².